The molecule has 6 heteroatoms. The summed E-state index contributed by atoms with van der Waals surface area (Å²) in [5.41, 5.74) is -0.472. The monoisotopic (exact) mass is 353 g/mol. The summed E-state index contributed by atoms with van der Waals surface area (Å²) >= 11 is 12.0. The highest BCUT2D eigenvalue weighted by molar-refractivity contribution is 6.38. The first kappa shape index (κ1) is 16.3. The van der Waals surface area contributed by atoms with E-state index in [1.165, 1.54) is 18.6 Å². The van der Waals surface area contributed by atoms with Crippen LogP contribution in [0, 0.1) is 5.92 Å². The number of fused-ring (bicyclic) bond motifs is 1. The molecule has 2 aromatic rings. The summed E-state index contributed by atoms with van der Waals surface area (Å²) < 4.78 is 5.21. The van der Waals surface area contributed by atoms with E-state index >= 15 is 0 Å². The van der Waals surface area contributed by atoms with Gasteiger partial charge in [-0.15, -0.1) is 0 Å². The minimum atomic E-state index is -0.692. The number of hydrogen-bond donors (Lipinski definition) is 1. The molecule has 1 aliphatic rings. The lowest BCUT2D eigenvalue weighted by Gasteiger charge is -2.29. The van der Waals surface area contributed by atoms with Gasteiger partial charge in [0.1, 0.15) is 5.56 Å². The molecule has 1 fully saturated rings. The number of benzene rings is 1. The fourth-order valence-corrected chi connectivity index (χ4v) is 3.64. The number of carbonyl (C=O) groups is 1. The smallest absolute Gasteiger partial charge is 0.349 e. The van der Waals surface area contributed by atoms with E-state index in [1.54, 1.807) is 6.07 Å². The summed E-state index contributed by atoms with van der Waals surface area (Å²) in [5, 5.41) is 4.15. The maximum Gasteiger partial charge on any atom is 0.349 e. The Bertz CT molecular complexity index is 815. The molecular formula is C17H17Cl2NO3. The lowest BCUT2D eigenvalue weighted by Crippen LogP contribution is -2.42. The number of hydrogen-bond acceptors (Lipinski definition) is 3. The molecule has 0 spiro atoms. The van der Waals surface area contributed by atoms with Crippen molar-refractivity contribution in [1.29, 1.82) is 0 Å². The van der Waals surface area contributed by atoms with Crippen LogP contribution in [0.3, 0.4) is 0 Å². The van der Waals surface area contributed by atoms with Crippen LogP contribution in [0.1, 0.15) is 43.0 Å². The van der Waals surface area contributed by atoms with Crippen molar-refractivity contribution >= 4 is 40.1 Å². The Morgan fingerprint density at radius 2 is 1.96 bits per heavy atom. The molecule has 0 unspecified atom stereocenters. The van der Waals surface area contributed by atoms with E-state index in [-0.39, 0.29) is 22.2 Å². The normalized spacial score (nSPS) is 21.3. The van der Waals surface area contributed by atoms with Crippen molar-refractivity contribution in [3.05, 3.63) is 44.2 Å². The van der Waals surface area contributed by atoms with Crippen molar-refractivity contribution in [2.45, 2.75) is 38.6 Å². The van der Waals surface area contributed by atoms with Gasteiger partial charge in [0.2, 0.25) is 0 Å². The molecule has 0 aliphatic heterocycles. The highest BCUT2D eigenvalue weighted by Crippen LogP contribution is 2.28. The van der Waals surface area contributed by atoms with E-state index in [4.69, 9.17) is 27.6 Å². The average Bonchev–Trinajstić information content (AvgIpc) is 2.49. The second-order valence-electron chi connectivity index (χ2n) is 6.10. The molecule has 2 atom stereocenters. The van der Waals surface area contributed by atoms with Gasteiger partial charge < -0.3 is 9.73 Å². The molecule has 3 rings (SSSR count). The third kappa shape index (κ3) is 3.38. The molecule has 1 saturated carbocycles. The predicted octanol–water partition coefficient (Wildman–Crippen LogP) is 4.41. The van der Waals surface area contributed by atoms with Gasteiger partial charge in [0.15, 0.2) is 5.58 Å². The summed E-state index contributed by atoms with van der Waals surface area (Å²) in [6.45, 7) is 2.12. The van der Waals surface area contributed by atoms with E-state index in [2.05, 4.69) is 12.2 Å². The molecule has 1 aliphatic carbocycles. The number of halogens is 2. The first-order valence-electron chi connectivity index (χ1n) is 7.69. The highest BCUT2D eigenvalue weighted by Gasteiger charge is 2.25. The van der Waals surface area contributed by atoms with Gasteiger partial charge in [-0.1, -0.05) is 43.0 Å². The first-order valence-corrected chi connectivity index (χ1v) is 8.45. The maximum absolute atomic E-state index is 12.5. The standard InChI is InChI=1S/C17H17Cl2NO3/c1-9-4-2-3-5-14(9)20-16(21)12-7-10-6-11(18)8-13(19)15(10)23-17(12)22/h6-9,14H,2-5H2,1H3,(H,20,21)/t9-,14-/m1/s1. The van der Waals surface area contributed by atoms with E-state index in [9.17, 15) is 9.59 Å². The molecule has 0 saturated heterocycles. The molecule has 122 valence electrons. The molecule has 0 bridgehead atoms. The molecule has 1 heterocycles. The fourth-order valence-electron chi connectivity index (χ4n) is 3.09. The van der Waals surface area contributed by atoms with Crippen LogP contribution in [0.15, 0.2) is 27.4 Å². The van der Waals surface area contributed by atoms with Crippen LogP contribution in [0.5, 0.6) is 0 Å². The molecule has 23 heavy (non-hydrogen) atoms. The van der Waals surface area contributed by atoms with Crippen LogP contribution < -0.4 is 10.9 Å². The Labute approximate surface area is 143 Å². The number of nitrogens with one attached hydrogen (secondary N) is 1. The zero-order valence-electron chi connectivity index (χ0n) is 12.7. The van der Waals surface area contributed by atoms with Crippen LogP contribution >= 0.6 is 23.2 Å². The largest absolute Gasteiger partial charge is 0.421 e. The second-order valence-corrected chi connectivity index (χ2v) is 6.94. The van der Waals surface area contributed by atoms with Crippen molar-refractivity contribution in [3.8, 4) is 0 Å². The Morgan fingerprint density at radius 1 is 1.22 bits per heavy atom. The Balaban J connectivity index is 1.94. The maximum atomic E-state index is 12.5. The van der Waals surface area contributed by atoms with E-state index in [0.29, 0.717) is 16.3 Å². The third-order valence-electron chi connectivity index (χ3n) is 4.42. The predicted molar refractivity (Wildman–Crippen MR) is 91.4 cm³/mol. The van der Waals surface area contributed by atoms with Gasteiger partial charge in [-0.3, -0.25) is 4.79 Å². The summed E-state index contributed by atoms with van der Waals surface area (Å²) in [6, 6.07) is 4.69. The zero-order chi connectivity index (χ0) is 16.6. The number of rotatable bonds is 2. The molecule has 4 nitrogen and oxygen atoms in total. The van der Waals surface area contributed by atoms with Crippen LogP contribution in [-0.4, -0.2) is 11.9 Å². The van der Waals surface area contributed by atoms with Gasteiger partial charge in [-0.2, -0.15) is 0 Å². The van der Waals surface area contributed by atoms with Crippen LogP contribution in [0.25, 0.3) is 11.0 Å². The van der Waals surface area contributed by atoms with Crippen molar-refractivity contribution < 1.29 is 9.21 Å². The topological polar surface area (TPSA) is 59.3 Å². The van der Waals surface area contributed by atoms with E-state index in [1.807, 2.05) is 0 Å². The van der Waals surface area contributed by atoms with Gasteiger partial charge in [0, 0.05) is 16.5 Å². The molecule has 1 amide bonds. The first-order chi connectivity index (χ1) is 11.0. The summed E-state index contributed by atoms with van der Waals surface area (Å²) in [5.74, 6) is -0.000385. The van der Waals surface area contributed by atoms with E-state index < -0.39 is 11.5 Å². The number of carbonyl (C=O) groups excluding carboxylic acids is 1. The molecule has 1 aromatic heterocycles. The highest BCUT2D eigenvalue weighted by atomic mass is 35.5. The van der Waals surface area contributed by atoms with E-state index in [0.717, 1.165) is 19.3 Å². The lowest BCUT2D eigenvalue weighted by molar-refractivity contribution is 0.0906. The number of amides is 1. The molecule has 1 N–H and O–H groups in total. The third-order valence-corrected chi connectivity index (χ3v) is 4.92. The minimum Gasteiger partial charge on any atom is -0.421 e. The molecular weight excluding hydrogens is 337 g/mol. The van der Waals surface area contributed by atoms with Crippen molar-refractivity contribution in [2.24, 2.45) is 5.92 Å². The van der Waals surface area contributed by atoms with Crippen molar-refractivity contribution in [3.63, 3.8) is 0 Å². The minimum absolute atomic E-state index is 0.0198. The van der Waals surface area contributed by atoms with Gasteiger partial charge >= 0.3 is 5.63 Å². The Hall–Kier alpha value is -1.52. The van der Waals surface area contributed by atoms with Gasteiger partial charge in [0.05, 0.1) is 5.02 Å². The quantitative estimate of drug-likeness (QED) is 0.813. The average molecular weight is 354 g/mol. The van der Waals surface area contributed by atoms with Crippen LogP contribution in [0.4, 0.5) is 0 Å². The summed E-state index contributed by atoms with van der Waals surface area (Å²) in [7, 11) is 0. The molecule has 0 radical (unpaired) electrons. The zero-order valence-corrected chi connectivity index (χ0v) is 14.2. The van der Waals surface area contributed by atoms with Gasteiger partial charge in [0.25, 0.3) is 5.91 Å². The summed E-state index contributed by atoms with van der Waals surface area (Å²) in [4.78, 5) is 24.6. The SMILES string of the molecule is C[C@@H]1CCCC[C@H]1NC(=O)c1cc2cc(Cl)cc(Cl)c2oc1=O. The summed E-state index contributed by atoms with van der Waals surface area (Å²) in [6.07, 6.45) is 4.29. The fraction of sp³-hybridized carbons (Fsp3) is 0.412. The second kappa shape index (κ2) is 6.54. The van der Waals surface area contributed by atoms with Gasteiger partial charge in [-0.05, 0) is 37.0 Å². The Morgan fingerprint density at radius 3 is 2.70 bits per heavy atom. The van der Waals surface area contributed by atoms with Crippen LogP contribution in [0.2, 0.25) is 10.0 Å². The lowest BCUT2D eigenvalue weighted by atomic mass is 9.86. The van der Waals surface area contributed by atoms with Crippen molar-refractivity contribution in [1.82, 2.24) is 5.32 Å². The van der Waals surface area contributed by atoms with Gasteiger partial charge in [-0.25, -0.2) is 4.79 Å². The van der Waals surface area contributed by atoms with Crippen LogP contribution in [-0.2, 0) is 0 Å². The molecule has 1 aromatic carbocycles. The Kier molecular flexibility index (Phi) is 4.64. The van der Waals surface area contributed by atoms with Crippen molar-refractivity contribution in [2.75, 3.05) is 0 Å².